The van der Waals surface area contributed by atoms with Crippen LogP contribution in [0.1, 0.15) is 25.0 Å². The lowest BCUT2D eigenvalue weighted by Gasteiger charge is -2.30. The number of furan rings is 2. The van der Waals surface area contributed by atoms with E-state index in [1.807, 2.05) is 24.3 Å². The number of para-hydroxylation sites is 3. The maximum absolute atomic E-state index is 6.49. The summed E-state index contributed by atoms with van der Waals surface area (Å²) in [7, 11) is 0. The molecular weight excluding hydrogens is 937 g/mol. The molecule has 0 bridgehead atoms. The molecule has 0 radical (unpaired) electrons. The standard InChI is InChI=1S/C73H48N2O2/c1-73(2)62-22-8-5-19-58(62)71-63(73)23-13-25-67(71)75(64-24-11-15-46-14-3-4-16-53(46)64)52-35-28-45(29-36-52)48-32-39-65-59(42-48)60-43-49(50-34-41-70-61(44-50)56-18-7-9-26-68(56)76-70)33-40-66(60)74(65)51-37-30-47(31-38-51)54-20-12-21-57-55-17-6-10-27-69(55)77-72(54)57/h3-44H,1-2H3. The van der Waals surface area contributed by atoms with E-state index >= 15 is 0 Å². The quantitative estimate of drug-likeness (QED) is 0.160. The lowest BCUT2D eigenvalue weighted by molar-refractivity contribution is 0.660. The van der Waals surface area contributed by atoms with Gasteiger partial charge in [0.25, 0.3) is 0 Å². The molecule has 12 aromatic carbocycles. The molecule has 15 aromatic rings. The predicted molar refractivity (Wildman–Crippen MR) is 321 cm³/mol. The molecular formula is C73H48N2O2. The number of fused-ring (bicyclic) bond motifs is 13. The van der Waals surface area contributed by atoms with Crippen molar-refractivity contribution in [2.24, 2.45) is 0 Å². The van der Waals surface area contributed by atoms with Gasteiger partial charge in [0.1, 0.15) is 22.3 Å². The smallest absolute Gasteiger partial charge is 0.143 e. The Morgan fingerprint density at radius 2 is 0.870 bits per heavy atom. The molecule has 0 N–H and O–H groups in total. The van der Waals surface area contributed by atoms with Crippen LogP contribution in [0.3, 0.4) is 0 Å². The lowest BCUT2D eigenvalue weighted by atomic mass is 9.82. The molecule has 16 rings (SSSR count). The van der Waals surface area contributed by atoms with Gasteiger partial charge in [-0.3, -0.25) is 0 Å². The van der Waals surface area contributed by atoms with Crippen LogP contribution in [0.5, 0.6) is 0 Å². The van der Waals surface area contributed by atoms with Crippen molar-refractivity contribution >= 4 is 93.5 Å². The summed E-state index contributed by atoms with van der Waals surface area (Å²) in [5.41, 5.74) is 22.4. The second-order valence-corrected chi connectivity index (χ2v) is 21.2. The molecule has 0 aliphatic heterocycles. The van der Waals surface area contributed by atoms with Crippen LogP contribution in [0.15, 0.2) is 264 Å². The predicted octanol–water partition coefficient (Wildman–Crippen LogP) is 20.5. The summed E-state index contributed by atoms with van der Waals surface area (Å²) in [5.74, 6) is 0. The Morgan fingerprint density at radius 1 is 0.351 bits per heavy atom. The minimum absolute atomic E-state index is 0.129. The molecule has 362 valence electrons. The molecule has 0 spiro atoms. The van der Waals surface area contributed by atoms with Crippen LogP contribution in [-0.4, -0.2) is 4.57 Å². The van der Waals surface area contributed by atoms with E-state index < -0.39 is 0 Å². The summed E-state index contributed by atoms with van der Waals surface area (Å²) < 4.78 is 15.2. The molecule has 4 heteroatoms. The Kier molecular flexibility index (Phi) is 9.35. The van der Waals surface area contributed by atoms with E-state index in [9.17, 15) is 0 Å². The van der Waals surface area contributed by atoms with Crippen molar-refractivity contribution in [3.05, 3.63) is 266 Å². The summed E-state index contributed by atoms with van der Waals surface area (Å²) in [5, 5.41) is 9.30. The van der Waals surface area contributed by atoms with E-state index in [4.69, 9.17) is 8.83 Å². The zero-order valence-corrected chi connectivity index (χ0v) is 42.5. The van der Waals surface area contributed by atoms with Gasteiger partial charge in [-0.1, -0.05) is 184 Å². The van der Waals surface area contributed by atoms with Crippen molar-refractivity contribution in [2.75, 3.05) is 4.90 Å². The largest absolute Gasteiger partial charge is 0.456 e. The molecule has 3 heterocycles. The van der Waals surface area contributed by atoms with Crippen LogP contribution in [-0.2, 0) is 5.41 Å². The summed E-state index contributed by atoms with van der Waals surface area (Å²) in [6.07, 6.45) is 0. The molecule has 1 aliphatic carbocycles. The van der Waals surface area contributed by atoms with E-state index in [1.54, 1.807) is 0 Å². The first kappa shape index (κ1) is 43.5. The van der Waals surface area contributed by atoms with Crippen molar-refractivity contribution in [1.29, 1.82) is 0 Å². The Morgan fingerprint density at radius 3 is 1.65 bits per heavy atom. The topological polar surface area (TPSA) is 34.5 Å². The van der Waals surface area contributed by atoms with Crippen LogP contribution >= 0.6 is 0 Å². The molecule has 4 nitrogen and oxygen atoms in total. The normalized spacial score (nSPS) is 12.9. The van der Waals surface area contributed by atoms with Crippen molar-refractivity contribution in [2.45, 2.75) is 19.3 Å². The zero-order chi connectivity index (χ0) is 50.9. The monoisotopic (exact) mass is 984 g/mol. The number of benzene rings is 12. The maximum atomic E-state index is 6.49. The van der Waals surface area contributed by atoms with Crippen molar-refractivity contribution in [3.8, 4) is 50.2 Å². The van der Waals surface area contributed by atoms with Gasteiger partial charge >= 0.3 is 0 Å². The second kappa shape index (κ2) is 16.6. The first-order valence-electron chi connectivity index (χ1n) is 26.6. The third-order valence-electron chi connectivity index (χ3n) is 16.6. The third-order valence-corrected chi connectivity index (χ3v) is 16.6. The Balaban J connectivity index is 0.843. The van der Waals surface area contributed by atoms with E-state index in [2.05, 4.69) is 254 Å². The minimum atomic E-state index is -0.129. The highest BCUT2D eigenvalue weighted by molar-refractivity contribution is 6.13. The van der Waals surface area contributed by atoms with E-state index in [-0.39, 0.29) is 5.41 Å². The zero-order valence-electron chi connectivity index (χ0n) is 42.5. The fourth-order valence-corrected chi connectivity index (χ4v) is 12.9. The van der Waals surface area contributed by atoms with Gasteiger partial charge in [0.05, 0.1) is 22.4 Å². The molecule has 0 unspecified atom stereocenters. The fourth-order valence-electron chi connectivity index (χ4n) is 12.9. The van der Waals surface area contributed by atoms with E-state index in [1.165, 1.54) is 49.5 Å². The average Bonchev–Trinajstić information content (AvgIpc) is 4.44. The molecule has 0 saturated heterocycles. The van der Waals surface area contributed by atoms with E-state index in [0.29, 0.717) is 0 Å². The van der Waals surface area contributed by atoms with Gasteiger partial charge < -0.3 is 18.3 Å². The summed E-state index contributed by atoms with van der Waals surface area (Å²) in [4.78, 5) is 2.48. The van der Waals surface area contributed by atoms with Gasteiger partial charge in [-0.05, 0) is 135 Å². The van der Waals surface area contributed by atoms with Crippen LogP contribution in [0.2, 0.25) is 0 Å². The van der Waals surface area contributed by atoms with Gasteiger partial charge in [0, 0.05) is 65.6 Å². The van der Waals surface area contributed by atoms with Crippen molar-refractivity contribution < 1.29 is 8.83 Å². The van der Waals surface area contributed by atoms with Gasteiger partial charge in [0.2, 0.25) is 0 Å². The highest BCUT2D eigenvalue weighted by Crippen LogP contribution is 2.55. The molecule has 0 saturated carbocycles. The Bertz CT molecular complexity index is 4890. The average molecular weight is 985 g/mol. The first-order chi connectivity index (χ1) is 37.9. The number of rotatable bonds is 7. The molecule has 77 heavy (non-hydrogen) atoms. The van der Waals surface area contributed by atoms with Gasteiger partial charge in [-0.15, -0.1) is 0 Å². The van der Waals surface area contributed by atoms with Crippen molar-refractivity contribution in [1.82, 2.24) is 4.57 Å². The molecule has 0 fully saturated rings. The van der Waals surface area contributed by atoms with Crippen LogP contribution in [0, 0.1) is 0 Å². The van der Waals surface area contributed by atoms with Crippen molar-refractivity contribution in [3.63, 3.8) is 0 Å². The number of nitrogens with zero attached hydrogens (tertiary/aromatic N) is 2. The minimum Gasteiger partial charge on any atom is -0.456 e. The van der Waals surface area contributed by atoms with Crippen LogP contribution < -0.4 is 4.90 Å². The maximum Gasteiger partial charge on any atom is 0.143 e. The number of hydrogen-bond acceptors (Lipinski definition) is 3. The Hall–Kier alpha value is -9.90. The Labute approximate surface area is 444 Å². The second-order valence-electron chi connectivity index (χ2n) is 21.2. The van der Waals surface area contributed by atoms with E-state index in [0.717, 1.165) is 105 Å². The lowest BCUT2D eigenvalue weighted by Crippen LogP contribution is -2.16. The molecule has 0 amide bonds. The highest BCUT2D eigenvalue weighted by Gasteiger charge is 2.38. The van der Waals surface area contributed by atoms with Gasteiger partial charge in [0.15, 0.2) is 0 Å². The SMILES string of the molecule is CC1(C)c2ccccc2-c2c(N(c3ccc(-c4ccc5c(c4)c4cc(-c6ccc7oc8ccccc8c7c6)ccc4n5-c4ccc(-c5cccc6c5oc5ccccc56)cc4)cc3)c3cccc4ccccc34)cccc21. The molecule has 0 atom stereocenters. The van der Waals surface area contributed by atoms with Gasteiger partial charge in [-0.25, -0.2) is 0 Å². The highest BCUT2D eigenvalue weighted by atomic mass is 16.3. The molecule has 1 aliphatic rings. The van der Waals surface area contributed by atoms with Crippen LogP contribution in [0.4, 0.5) is 17.1 Å². The van der Waals surface area contributed by atoms with Crippen LogP contribution in [0.25, 0.3) is 127 Å². The third kappa shape index (κ3) is 6.58. The van der Waals surface area contributed by atoms with Gasteiger partial charge in [-0.2, -0.15) is 0 Å². The number of aromatic nitrogens is 1. The first-order valence-corrected chi connectivity index (χ1v) is 26.6. The summed E-state index contributed by atoms with van der Waals surface area (Å²) in [6, 6.07) is 92.9. The molecule has 3 aromatic heterocycles. The number of hydrogen-bond donors (Lipinski definition) is 0. The fraction of sp³-hybridized carbons (Fsp3) is 0.0411. The number of anilines is 3. The summed E-state index contributed by atoms with van der Waals surface area (Å²) in [6.45, 7) is 4.72. The summed E-state index contributed by atoms with van der Waals surface area (Å²) >= 11 is 0.